The third-order valence-corrected chi connectivity index (χ3v) is 6.11. The number of esters is 1. The molecule has 0 aliphatic rings. The number of halogens is 3. The highest BCUT2D eigenvalue weighted by Gasteiger charge is 2.25. The predicted octanol–water partition coefficient (Wildman–Crippen LogP) is 6.21. The summed E-state index contributed by atoms with van der Waals surface area (Å²) < 4.78 is 5.51. The van der Waals surface area contributed by atoms with Crippen LogP contribution in [0.3, 0.4) is 0 Å². The number of carbonyl (C=O) groups is 2. The number of hydrogen-bond donors (Lipinski definition) is 2. The maximum absolute atomic E-state index is 13.1. The van der Waals surface area contributed by atoms with Crippen LogP contribution in [0.5, 0.6) is 0 Å². The first-order valence-corrected chi connectivity index (χ1v) is 11.3. The topological polar surface area (TPSA) is 71.2 Å². The van der Waals surface area contributed by atoms with Crippen LogP contribution in [-0.2, 0) is 22.6 Å². The second-order valence-electron chi connectivity index (χ2n) is 7.41. The van der Waals surface area contributed by atoms with Gasteiger partial charge in [0, 0.05) is 39.1 Å². The number of aromatic amines is 1. The minimum atomic E-state index is -0.945. The van der Waals surface area contributed by atoms with Crippen molar-refractivity contribution < 1.29 is 14.3 Å². The average molecular weight is 502 g/mol. The van der Waals surface area contributed by atoms with Gasteiger partial charge in [-0.15, -0.1) is 0 Å². The number of amides is 1. The van der Waals surface area contributed by atoms with E-state index in [0.29, 0.717) is 20.6 Å². The van der Waals surface area contributed by atoms with E-state index in [4.69, 9.17) is 39.5 Å². The summed E-state index contributed by atoms with van der Waals surface area (Å²) in [4.78, 5) is 29.1. The lowest BCUT2D eigenvalue weighted by atomic mass is 10.0. The molecule has 1 heterocycles. The molecular formula is C25H19Cl3N2O3. The monoisotopic (exact) mass is 500 g/mol. The Morgan fingerprint density at radius 3 is 2.45 bits per heavy atom. The fourth-order valence-corrected chi connectivity index (χ4v) is 4.17. The molecule has 168 valence electrons. The average Bonchev–Trinajstić information content (AvgIpc) is 3.21. The van der Waals surface area contributed by atoms with Crippen LogP contribution < -0.4 is 5.32 Å². The highest BCUT2D eigenvalue weighted by atomic mass is 35.5. The summed E-state index contributed by atoms with van der Waals surface area (Å²) in [5.41, 5.74) is 2.69. The van der Waals surface area contributed by atoms with Gasteiger partial charge in [-0.1, -0.05) is 71.2 Å². The van der Waals surface area contributed by atoms with Crippen molar-refractivity contribution in [1.29, 1.82) is 0 Å². The van der Waals surface area contributed by atoms with Gasteiger partial charge < -0.3 is 15.0 Å². The van der Waals surface area contributed by atoms with Gasteiger partial charge in [-0.05, 0) is 35.9 Å². The lowest BCUT2D eigenvalue weighted by molar-refractivity contribution is -0.147. The van der Waals surface area contributed by atoms with Crippen LogP contribution in [0.25, 0.3) is 10.9 Å². The summed E-state index contributed by atoms with van der Waals surface area (Å²) in [6.07, 6.45) is 2.05. The SMILES string of the molecule is O=C(NC(Cc1c[nH]c2ccccc12)C(=O)OCc1ccc(Cl)cc1Cl)c1ccccc1Cl. The Balaban J connectivity index is 1.56. The minimum absolute atomic E-state index is 0.0544. The van der Waals surface area contributed by atoms with Crippen molar-refractivity contribution in [2.45, 2.75) is 19.1 Å². The lowest BCUT2D eigenvalue weighted by Crippen LogP contribution is -2.43. The molecule has 1 amide bonds. The molecule has 4 rings (SSSR count). The summed E-state index contributed by atoms with van der Waals surface area (Å²) in [6.45, 7) is -0.0544. The molecule has 4 aromatic rings. The number of para-hydroxylation sites is 1. The number of rotatable bonds is 7. The normalized spacial score (nSPS) is 11.8. The minimum Gasteiger partial charge on any atom is -0.459 e. The Bertz CT molecular complexity index is 1320. The lowest BCUT2D eigenvalue weighted by Gasteiger charge is -2.18. The molecule has 0 radical (unpaired) electrons. The third kappa shape index (κ3) is 5.50. The highest BCUT2D eigenvalue weighted by molar-refractivity contribution is 6.35. The summed E-state index contributed by atoms with van der Waals surface area (Å²) >= 11 is 18.3. The molecule has 0 spiro atoms. The second-order valence-corrected chi connectivity index (χ2v) is 8.66. The van der Waals surface area contributed by atoms with E-state index in [1.807, 2.05) is 30.5 Å². The Hall–Kier alpha value is -2.99. The zero-order valence-corrected chi connectivity index (χ0v) is 19.5. The van der Waals surface area contributed by atoms with Gasteiger partial charge in [0.15, 0.2) is 0 Å². The van der Waals surface area contributed by atoms with Gasteiger partial charge in [-0.3, -0.25) is 4.79 Å². The molecule has 2 N–H and O–H groups in total. The van der Waals surface area contributed by atoms with Crippen LogP contribution in [0.2, 0.25) is 15.1 Å². The quantitative estimate of drug-likeness (QED) is 0.296. The van der Waals surface area contributed by atoms with Gasteiger partial charge in [0.2, 0.25) is 0 Å². The first-order chi connectivity index (χ1) is 15.9. The van der Waals surface area contributed by atoms with Crippen LogP contribution in [-0.4, -0.2) is 22.9 Å². The van der Waals surface area contributed by atoms with Crippen molar-refractivity contribution in [3.05, 3.63) is 105 Å². The zero-order valence-electron chi connectivity index (χ0n) is 17.3. The van der Waals surface area contributed by atoms with Gasteiger partial charge in [-0.25, -0.2) is 4.79 Å². The van der Waals surface area contributed by atoms with E-state index in [9.17, 15) is 9.59 Å². The van der Waals surface area contributed by atoms with E-state index in [1.165, 1.54) is 0 Å². The molecule has 33 heavy (non-hydrogen) atoms. The second kappa shape index (κ2) is 10.3. The van der Waals surface area contributed by atoms with Crippen molar-refractivity contribution in [3.8, 4) is 0 Å². The molecule has 1 atom stereocenters. The Morgan fingerprint density at radius 1 is 0.909 bits per heavy atom. The number of ether oxygens (including phenoxy) is 1. The van der Waals surface area contributed by atoms with Crippen molar-refractivity contribution in [2.24, 2.45) is 0 Å². The van der Waals surface area contributed by atoms with Crippen molar-refractivity contribution >= 4 is 57.6 Å². The van der Waals surface area contributed by atoms with E-state index >= 15 is 0 Å². The Kier molecular flexibility index (Phi) is 7.23. The van der Waals surface area contributed by atoms with Crippen LogP contribution in [0.4, 0.5) is 0 Å². The first kappa shape index (κ1) is 23.2. The molecule has 0 fully saturated rings. The number of H-pyrrole nitrogens is 1. The largest absolute Gasteiger partial charge is 0.459 e. The standard InChI is InChI=1S/C25H19Cl3N2O3/c26-17-10-9-15(21(28)12-17)14-33-25(32)23(30-24(31)19-6-1-3-7-20(19)27)11-16-13-29-22-8-4-2-5-18(16)22/h1-10,12-13,23,29H,11,14H2,(H,30,31). The Labute approximate surface area is 205 Å². The van der Waals surface area contributed by atoms with Gasteiger partial charge in [0.05, 0.1) is 10.6 Å². The molecule has 1 aromatic heterocycles. The van der Waals surface area contributed by atoms with E-state index in [0.717, 1.165) is 16.5 Å². The van der Waals surface area contributed by atoms with Crippen LogP contribution in [0.1, 0.15) is 21.5 Å². The maximum Gasteiger partial charge on any atom is 0.329 e. The molecule has 5 nitrogen and oxygen atoms in total. The number of hydrogen-bond acceptors (Lipinski definition) is 3. The number of benzene rings is 3. The van der Waals surface area contributed by atoms with E-state index in [2.05, 4.69) is 10.3 Å². The molecular weight excluding hydrogens is 483 g/mol. The molecule has 3 aromatic carbocycles. The molecule has 0 saturated heterocycles. The van der Waals surface area contributed by atoms with Gasteiger partial charge in [0.25, 0.3) is 5.91 Å². The molecule has 0 saturated carbocycles. The summed E-state index contributed by atoms with van der Waals surface area (Å²) in [6, 6.07) is 18.4. The van der Waals surface area contributed by atoms with Gasteiger partial charge in [0.1, 0.15) is 12.6 Å². The summed E-state index contributed by atoms with van der Waals surface area (Å²) in [7, 11) is 0. The van der Waals surface area contributed by atoms with Crippen LogP contribution in [0, 0.1) is 0 Å². The van der Waals surface area contributed by atoms with Crippen molar-refractivity contribution in [1.82, 2.24) is 10.3 Å². The zero-order chi connectivity index (χ0) is 23.4. The van der Waals surface area contributed by atoms with Crippen molar-refractivity contribution in [2.75, 3.05) is 0 Å². The molecule has 8 heteroatoms. The molecule has 1 unspecified atom stereocenters. The first-order valence-electron chi connectivity index (χ1n) is 10.1. The third-order valence-electron chi connectivity index (χ3n) is 5.19. The fourth-order valence-electron chi connectivity index (χ4n) is 3.48. The van der Waals surface area contributed by atoms with Gasteiger partial charge in [-0.2, -0.15) is 0 Å². The highest BCUT2D eigenvalue weighted by Crippen LogP contribution is 2.23. The van der Waals surface area contributed by atoms with E-state index in [1.54, 1.807) is 42.5 Å². The van der Waals surface area contributed by atoms with Gasteiger partial charge >= 0.3 is 5.97 Å². The van der Waals surface area contributed by atoms with Crippen LogP contribution in [0.15, 0.2) is 72.9 Å². The molecule has 0 bridgehead atoms. The van der Waals surface area contributed by atoms with E-state index in [-0.39, 0.29) is 18.6 Å². The number of nitrogens with one attached hydrogen (secondary N) is 2. The molecule has 0 aliphatic carbocycles. The summed E-state index contributed by atoms with van der Waals surface area (Å²) in [5, 5.41) is 4.90. The molecule has 0 aliphatic heterocycles. The fraction of sp³-hybridized carbons (Fsp3) is 0.120. The smallest absolute Gasteiger partial charge is 0.329 e. The maximum atomic E-state index is 13.1. The van der Waals surface area contributed by atoms with Crippen LogP contribution >= 0.6 is 34.8 Å². The Morgan fingerprint density at radius 2 is 1.67 bits per heavy atom. The predicted molar refractivity (Wildman–Crippen MR) is 131 cm³/mol. The number of fused-ring (bicyclic) bond motifs is 1. The number of aromatic nitrogens is 1. The summed E-state index contributed by atoms with van der Waals surface area (Å²) in [5.74, 6) is -1.06. The van der Waals surface area contributed by atoms with Crippen molar-refractivity contribution in [3.63, 3.8) is 0 Å². The number of carbonyl (C=O) groups excluding carboxylic acids is 2. The van der Waals surface area contributed by atoms with E-state index < -0.39 is 17.9 Å².